The summed E-state index contributed by atoms with van der Waals surface area (Å²) in [5.41, 5.74) is 0. The van der Waals surface area contributed by atoms with Crippen LogP contribution in [0.25, 0.3) is 0 Å². The van der Waals surface area contributed by atoms with E-state index in [0.717, 1.165) is 12.8 Å². The first-order valence-electron chi connectivity index (χ1n) is 6.97. The molecule has 0 atom stereocenters. The Morgan fingerprint density at radius 2 is 1.29 bits per heavy atom. The molecule has 0 aromatic rings. The predicted molar refractivity (Wildman–Crippen MR) is 70.7 cm³/mol. The highest BCUT2D eigenvalue weighted by molar-refractivity contribution is 5.93. The normalized spacial score (nSPS) is 10.2. The number of rotatable bonds is 10. The van der Waals surface area contributed by atoms with E-state index in [2.05, 4.69) is 12.2 Å². The number of unbranched alkanes of at least 4 members (excludes halogenated alkanes) is 8. The molecule has 0 aliphatic carbocycles. The van der Waals surface area contributed by atoms with Crippen LogP contribution in [0.3, 0.4) is 0 Å². The second-order valence-corrected chi connectivity index (χ2v) is 4.68. The third-order valence-corrected chi connectivity index (χ3v) is 2.82. The lowest BCUT2D eigenvalue weighted by atomic mass is 10.1. The molecule has 3 heteroatoms. The fourth-order valence-corrected chi connectivity index (χ4v) is 1.86. The van der Waals surface area contributed by atoms with E-state index >= 15 is 0 Å². The van der Waals surface area contributed by atoms with Gasteiger partial charge in [0.05, 0.1) is 0 Å². The molecular weight excluding hydrogens is 214 g/mol. The quantitative estimate of drug-likeness (QED) is 0.594. The van der Waals surface area contributed by atoms with Crippen LogP contribution in [0.4, 0.5) is 0 Å². The van der Waals surface area contributed by atoms with Crippen molar-refractivity contribution >= 4 is 11.8 Å². The summed E-state index contributed by atoms with van der Waals surface area (Å²) in [5, 5.41) is 2.29. The lowest BCUT2D eigenvalue weighted by Gasteiger charge is -2.02. The van der Waals surface area contributed by atoms with Crippen molar-refractivity contribution in [2.45, 2.75) is 78.1 Å². The van der Waals surface area contributed by atoms with Crippen LogP contribution in [0, 0.1) is 0 Å². The maximum Gasteiger partial charge on any atom is 0.226 e. The number of hydrogen-bond donors (Lipinski definition) is 1. The monoisotopic (exact) mass is 241 g/mol. The Bertz CT molecular complexity index is 214. The summed E-state index contributed by atoms with van der Waals surface area (Å²) < 4.78 is 0. The van der Waals surface area contributed by atoms with E-state index in [1.54, 1.807) is 0 Å². The minimum Gasteiger partial charge on any atom is -0.297 e. The lowest BCUT2D eigenvalue weighted by Crippen LogP contribution is -2.27. The average Bonchev–Trinajstić information content (AvgIpc) is 2.26. The van der Waals surface area contributed by atoms with E-state index in [-0.39, 0.29) is 11.8 Å². The molecule has 0 radical (unpaired) electrons. The number of carbonyl (C=O) groups is 2. The summed E-state index contributed by atoms with van der Waals surface area (Å²) in [5.74, 6) is -0.397. The van der Waals surface area contributed by atoms with Gasteiger partial charge in [0.2, 0.25) is 11.8 Å². The fraction of sp³-hybridized carbons (Fsp3) is 0.857. The number of carbonyl (C=O) groups excluding carboxylic acids is 2. The molecule has 0 aliphatic rings. The Labute approximate surface area is 105 Å². The van der Waals surface area contributed by atoms with Crippen LogP contribution in [0.2, 0.25) is 0 Å². The molecule has 0 saturated heterocycles. The third-order valence-electron chi connectivity index (χ3n) is 2.82. The van der Waals surface area contributed by atoms with Gasteiger partial charge in [0.25, 0.3) is 0 Å². The first-order chi connectivity index (χ1) is 8.16. The molecule has 0 rings (SSSR count). The van der Waals surface area contributed by atoms with Crippen molar-refractivity contribution in [1.82, 2.24) is 5.32 Å². The number of imide groups is 1. The second-order valence-electron chi connectivity index (χ2n) is 4.68. The van der Waals surface area contributed by atoms with Crippen molar-refractivity contribution in [1.29, 1.82) is 0 Å². The van der Waals surface area contributed by atoms with E-state index in [4.69, 9.17) is 0 Å². The molecule has 0 saturated carbocycles. The SMILES string of the molecule is CCCCCCCCCCCC(=O)NC(C)=O. The number of nitrogens with one attached hydrogen (secondary N) is 1. The first kappa shape index (κ1) is 16.1. The maximum absolute atomic E-state index is 11.1. The van der Waals surface area contributed by atoms with Gasteiger partial charge in [-0.05, 0) is 6.42 Å². The van der Waals surface area contributed by atoms with Gasteiger partial charge in [0.1, 0.15) is 0 Å². The smallest absolute Gasteiger partial charge is 0.226 e. The average molecular weight is 241 g/mol. The van der Waals surface area contributed by atoms with Gasteiger partial charge in [0.15, 0.2) is 0 Å². The van der Waals surface area contributed by atoms with Gasteiger partial charge in [-0.15, -0.1) is 0 Å². The summed E-state index contributed by atoms with van der Waals surface area (Å²) in [4.78, 5) is 21.7. The fourth-order valence-electron chi connectivity index (χ4n) is 1.86. The van der Waals surface area contributed by atoms with E-state index < -0.39 is 0 Å². The van der Waals surface area contributed by atoms with Gasteiger partial charge in [-0.3, -0.25) is 14.9 Å². The van der Waals surface area contributed by atoms with E-state index in [0.29, 0.717) is 6.42 Å². The molecule has 0 aliphatic heterocycles. The van der Waals surface area contributed by atoms with Crippen LogP contribution in [0.15, 0.2) is 0 Å². The molecule has 0 aromatic carbocycles. The molecule has 2 amide bonds. The molecule has 100 valence electrons. The Balaban J connectivity index is 3.13. The maximum atomic E-state index is 11.1. The van der Waals surface area contributed by atoms with Crippen LogP contribution in [0.5, 0.6) is 0 Å². The van der Waals surface area contributed by atoms with Gasteiger partial charge in [-0.25, -0.2) is 0 Å². The van der Waals surface area contributed by atoms with Gasteiger partial charge in [-0.2, -0.15) is 0 Å². The zero-order valence-corrected chi connectivity index (χ0v) is 11.4. The Morgan fingerprint density at radius 3 is 1.76 bits per heavy atom. The summed E-state index contributed by atoms with van der Waals surface area (Å²) >= 11 is 0. The third kappa shape index (κ3) is 13.1. The predicted octanol–water partition coefficient (Wildman–Crippen LogP) is 3.57. The van der Waals surface area contributed by atoms with Crippen molar-refractivity contribution in [3.63, 3.8) is 0 Å². The number of amides is 2. The Hall–Kier alpha value is -0.860. The molecule has 3 nitrogen and oxygen atoms in total. The van der Waals surface area contributed by atoms with Gasteiger partial charge in [-0.1, -0.05) is 58.3 Å². The van der Waals surface area contributed by atoms with E-state index in [1.165, 1.54) is 51.9 Å². The Kier molecular flexibility index (Phi) is 11.0. The van der Waals surface area contributed by atoms with Crippen LogP contribution >= 0.6 is 0 Å². The summed E-state index contributed by atoms with van der Waals surface area (Å²) in [6.07, 6.45) is 11.6. The lowest BCUT2D eigenvalue weighted by molar-refractivity contribution is -0.129. The number of hydrogen-bond acceptors (Lipinski definition) is 2. The summed E-state index contributed by atoms with van der Waals surface area (Å²) in [6.45, 7) is 3.60. The van der Waals surface area contributed by atoms with Crippen molar-refractivity contribution in [2.75, 3.05) is 0 Å². The van der Waals surface area contributed by atoms with Crippen LogP contribution in [0.1, 0.15) is 78.1 Å². The zero-order chi connectivity index (χ0) is 12.9. The molecule has 0 bridgehead atoms. The van der Waals surface area contributed by atoms with Gasteiger partial charge in [0, 0.05) is 13.3 Å². The molecule has 0 aromatic heterocycles. The van der Waals surface area contributed by atoms with Crippen LogP contribution in [-0.4, -0.2) is 11.8 Å². The molecule has 1 N–H and O–H groups in total. The highest BCUT2D eigenvalue weighted by Gasteiger charge is 2.02. The summed E-state index contributed by atoms with van der Waals surface area (Å²) in [7, 11) is 0. The van der Waals surface area contributed by atoms with Crippen LogP contribution < -0.4 is 5.32 Å². The minimum atomic E-state index is -0.258. The van der Waals surface area contributed by atoms with Crippen molar-refractivity contribution < 1.29 is 9.59 Å². The molecule has 0 heterocycles. The molecule has 0 spiro atoms. The highest BCUT2D eigenvalue weighted by Crippen LogP contribution is 2.10. The second kappa shape index (κ2) is 11.6. The minimum absolute atomic E-state index is 0.138. The van der Waals surface area contributed by atoms with Gasteiger partial charge >= 0.3 is 0 Å². The molecule has 0 fully saturated rings. The van der Waals surface area contributed by atoms with Crippen molar-refractivity contribution in [3.05, 3.63) is 0 Å². The standard InChI is InChI=1S/C14H27NO2/c1-3-4-5-6-7-8-9-10-11-12-14(17)15-13(2)16/h3-12H2,1-2H3,(H,15,16,17). The molecule has 0 unspecified atom stereocenters. The van der Waals surface area contributed by atoms with Crippen molar-refractivity contribution in [3.8, 4) is 0 Å². The topological polar surface area (TPSA) is 46.2 Å². The van der Waals surface area contributed by atoms with Gasteiger partial charge < -0.3 is 0 Å². The van der Waals surface area contributed by atoms with E-state index in [1.807, 2.05) is 0 Å². The zero-order valence-electron chi connectivity index (χ0n) is 11.4. The largest absolute Gasteiger partial charge is 0.297 e. The molecular formula is C14H27NO2. The molecule has 17 heavy (non-hydrogen) atoms. The summed E-state index contributed by atoms with van der Waals surface area (Å²) in [6, 6.07) is 0. The van der Waals surface area contributed by atoms with E-state index in [9.17, 15) is 9.59 Å². The first-order valence-corrected chi connectivity index (χ1v) is 6.97. The van der Waals surface area contributed by atoms with Crippen LogP contribution in [-0.2, 0) is 9.59 Å². The van der Waals surface area contributed by atoms with Crippen molar-refractivity contribution in [2.24, 2.45) is 0 Å². The highest BCUT2D eigenvalue weighted by atomic mass is 16.2. The Morgan fingerprint density at radius 1 is 0.824 bits per heavy atom.